The molecule has 7 nitrogen and oxygen atoms in total. The standard InChI is InChI=1S/C20H19N3O4S/c1-23-18-11-12-28(25,26)13-17(18)19(22-23)20(24)21-14-7-9-16(10-8-14)27-15-5-3-2-4-6-15/h2-10H,11-13H2,1H3,(H,21,24). The second-order valence-electron chi connectivity index (χ2n) is 6.63. The van der Waals surface area contributed by atoms with Gasteiger partial charge in [0.2, 0.25) is 0 Å². The number of para-hydroxylation sites is 1. The molecule has 0 saturated heterocycles. The van der Waals surface area contributed by atoms with E-state index < -0.39 is 15.7 Å². The molecule has 1 N–H and O–H groups in total. The van der Waals surface area contributed by atoms with Crippen LogP contribution < -0.4 is 10.1 Å². The lowest BCUT2D eigenvalue weighted by Crippen LogP contribution is -2.22. The molecule has 0 spiro atoms. The van der Waals surface area contributed by atoms with Gasteiger partial charge in [0.15, 0.2) is 15.5 Å². The smallest absolute Gasteiger partial charge is 0.276 e. The van der Waals surface area contributed by atoms with Crippen molar-refractivity contribution >= 4 is 21.4 Å². The third-order valence-electron chi connectivity index (χ3n) is 4.60. The van der Waals surface area contributed by atoms with Crippen LogP contribution in [-0.4, -0.2) is 29.9 Å². The van der Waals surface area contributed by atoms with E-state index in [0.717, 1.165) is 11.4 Å². The number of aryl methyl sites for hydroxylation is 1. The number of aromatic nitrogens is 2. The molecular weight excluding hydrogens is 378 g/mol. The predicted molar refractivity (Wildman–Crippen MR) is 105 cm³/mol. The van der Waals surface area contributed by atoms with Crippen molar-refractivity contribution in [3.63, 3.8) is 0 Å². The Morgan fingerprint density at radius 3 is 2.46 bits per heavy atom. The maximum absolute atomic E-state index is 12.7. The summed E-state index contributed by atoms with van der Waals surface area (Å²) < 4.78 is 31.2. The molecule has 3 aromatic rings. The minimum Gasteiger partial charge on any atom is -0.457 e. The van der Waals surface area contributed by atoms with Gasteiger partial charge in [-0.3, -0.25) is 9.48 Å². The predicted octanol–water partition coefficient (Wildman–Crippen LogP) is 2.94. The molecule has 0 aliphatic carbocycles. The third-order valence-corrected chi connectivity index (χ3v) is 6.15. The number of benzene rings is 2. The van der Waals surface area contributed by atoms with Crippen molar-refractivity contribution < 1.29 is 17.9 Å². The fraction of sp³-hybridized carbons (Fsp3) is 0.200. The van der Waals surface area contributed by atoms with Gasteiger partial charge in [0.05, 0.1) is 11.5 Å². The molecule has 1 aliphatic rings. The molecule has 8 heteroatoms. The maximum Gasteiger partial charge on any atom is 0.276 e. The normalized spacial score (nSPS) is 14.9. The Labute approximate surface area is 162 Å². The van der Waals surface area contributed by atoms with Gasteiger partial charge in [-0.25, -0.2) is 8.42 Å². The van der Waals surface area contributed by atoms with Crippen molar-refractivity contribution in [2.24, 2.45) is 7.05 Å². The summed E-state index contributed by atoms with van der Waals surface area (Å²) in [6.45, 7) is 0. The van der Waals surface area contributed by atoms with E-state index in [1.165, 1.54) is 0 Å². The molecule has 1 aromatic heterocycles. The fourth-order valence-electron chi connectivity index (χ4n) is 3.21. The Hall–Kier alpha value is -3.13. The zero-order valence-corrected chi connectivity index (χ0v) is 16.1. The van der Waals surface area contributed by atoms with Gasteiger partial charge in [-0.15, -0.1) is 0 Å². The van der Waals surface area contributed by atoms with Crippen molar-refractivity contribution in [3.05, 3.63) is 71.5 Å². The summed E-state index contributed by atoms with van der Waals surface area (Å²) in [5, 5.41) is 7.02. The fourth-order valence-corrected chi connectivity index (χ4v) is 4.61. The molecule has 0 unspecified atom stereocenters. The van der Waals surface area contributed by atoms with Gasteiger partial charge < -0.3 is 10.1 Å². The lowest BCUT2D eigenvalue weighted by atomic mass is 10.1. The van der Waals surface area contributed by atoms with Crippen LogP contribution in [0, 0.1) is 0 Å². The summed E-state index contributed by atoms with van der Waals surface area (Å²) in [5.74, 6) is 0.878. The number of sulfone groups is 1. The number of hydrogen-bond acceptors (Lipinski definition) is 5. The van der Waals surface area contributed by atoms with Crippen LogP contribution in [0.15, 0.2) is 54.6 Å². The van der Waals surface area contributed by atoms with Crippen LogP contribution in [0.3, 0.4) is 0 Å². The van der Waals surface area contributed by atoms with Gasteiger partial charge in [-0.1, -0.05) is 18.2 Å². The van der Waals surface area contributed by atoms with Crippen molar-refractivity contribution in [1.82, 2.24) is 9.78 Å². The molecule has 1 aliphatic heterocycles. The maximum atomic E-state index is 12.7. The highest BCUT2D eigenvalue weighted by molar-refractivity contribution is 7.90. The molecule has 144 valence electrons. The van der Waals surface area contributed by atoms with Crippen molar-refractivity contribution in [2.75, 3.05) is 11.1 Å². The first-order valence-electron chi connectivity index (χ1n) is 8.81. The van der Waals surface area contributed by atoms with Crippen molar-refractivity contribution in [3.8, 4) is 11.5 Å². The van der Waals surface area contributed by atoms with Crippen molar-refractivity contribution in [1.29, 1.82) is 0 Å². The summed E-state index contributed by atoms with van der Waals surface area (Å²) in [6.07, 6.45) is 0.375. The van der Waals surface area contributed by atoms with E-state index >= 15 is 0 Å². The first kappa shape index (κ1) is 18.2. The van der Waals surface area contributed by atoms with Crippen LogP contribution in [0.4, 0.5) is 5.69 Å². The summed E-state index contributed by atoms with van der Waals surface area (Å²) in [7, 11) is -1.47. The number of hydrogen-bond donors (Lipinski definition) is 1. The number of carbonyl (C=O) groups excluding carboxylic acids is 1. The molecule has 4 rings (SSSR count). The lowest BCUT2D eigenvalue weighted by Gasteiger charge is -2.13. The number of anilines is 1. The SMILES string of the molecule is Cn1nc(C(=O)Nc2ccc(Oc3ccccc3)cc2)c2c1CCS(=O)(=O)C2. The van der Waals surface area contributed by atoms with E-state index in [-0.39, 0.29) is 17.2 Å². The number of nitrogens with zero attached hydrogens (tertiary/aromatic N) is 2. The number of rotatable bonds is 4. The number of carbonyl (C=O) groups is 1. The molecule has 1 amide bonds. The highest BCUT2D eigenvalue weighted by Gasteiger charge is 2.30. The van der Waals surface area contributed by atoms with Gasteiger partial charge in [0, 0.05) is 30.4 Å². The van der Waals surface area contributed by atoms with Gasteiger partial charge in [0.1, 0.15) is 11.5 Å². The van der Waals surface area contributed by atoms with Crippen LogP contribution in [-0.2, 0) is 29.1 Å². The molecule has 0 radical (unpaired) electrons. The number of amides is 1. The summed E-state index contributed by atoms with van der Waals surface area (Å²) in [5.41, 5.74) is 2.02. The van der Waals surface area contributed by atoms with Crippen LogP contribution in [0.5, 0.6) is 11.5 Å². The van der Waals surface area contributed by atoms with E-state index in [4.69, 9.17) is 4.74 Å². The van der Waals surface area contributed by atoms with Crippen molar-refractivity contribution in [2.45, 2.75) is 12.2 Å². The lowest BCUT2D eigenvalue weighted by molar-refractivity contribution is 0.102. The average molecular weight is 397 g/mol. The average Bonchev–Trinajstić information content (AvgIpc) is 2.99. The Morgan fingerprint density at radius 2 is 1.75 bits per heavy atom. The first-order chi connectivity index (χ1) is 13.4. The molecule has 2 heterocycles. The Balaban J connectivity index is 1.50. The van der Waals surface area contributed by atoms with E-state index in [1.54, 1.807) is 36.0 Å². The summed E-state index contributed by atoms with van der Waals surface area (Å²) in [6, 6.07) is 16.3. The summed E-state index contributed by atoms with van der Waals surface area (Å²) >= 11 is 0. The van der Waals surface area contributed by atoms with E-state index in [2.05, 4.69) is 10.4 Å². The molecule has 0 bridgehead atoms. The van der Waals surface area contributed by atoms with Gasteiger partial charge in [-0.2, -0.15) is 5.10 Å². The molecule has 0 fully saturated rings. The quantitative estimate of drug-likeness (QED) is 0.731. The number of nitrogens with one attached hydrogen (secondary N) is 1. The topological polar surface area (TPSA) is 90.3 Å². The number of fused-ring (bicyclic) bond motifs is 1. The highest BCUT2D eigenvalue weighted by atomic mass is 32.2. The number of ether oxygens (including phenoxy) is 1. The minimum atomic E-state index is -3.20. The molecule has 0 atom stereocenters. The zero-order valence-electron chi connectivity index (χ0n) is 15.3. The van der Waals surface area contributed by atoms with Crippen LogP contribution >= 0.6 is 0 Å². The zero-order chi connectivity index (χ0) is 19.7. The summed E-state index contributed by atoms with van der Waals surface area (Å²) in [4.78, 5) is 12.7. The van der Waals surface area contributed by atoms with Crippen LogP contribution in [0.25, 0.3) is 0 Å². The van der Waals surface area contributed by atoms with Crippen LogP contribution in [0.1, 0.15) is 21.7 Å². The van der Waals surface area contributed by atoms with E-state index in [0.29, 0.717) is 23.4 Å². The largest absolute Gasteiger partial charge is 0.457 e. The Bertz CT molecular complexity index is 1120. The first-order valence-corrected chi connectivity index (χ1v) is 10.6. The molecular formula is C20H19N3O4S. The second-order valence-corrected chi connectivity index (χ2v) is 8.82. The Morgan fingerprint density at radius 1 is 1.07 bits per heavy atom. The Kier molecular flexibility index (Phi) is 4.64. The molecule has 28 heavy (non-hydrogen) atoms. The monoisotopic (exact) mass is 397 g/mol. The molecule has 0 saturated carbocycles. The highest BCUT2D eigenvalue weighted by Crippen LogP contribution is 2.26. The third kappa shape index (κ3) is 3.77. The molecule has 2 aromatic carbocycles. The van der Waals surface area contributed by atoms with Gasteiger partial charge in [0.25, 0.3) is 5.91 Å². The van der Waals surface area contributed by atoms with Gasteiger partial charge >= 0.3 is 0 Å². The van der Waals surface area contributed by atoms with Crippen LogP contribution in [0.2, 0.25) is 0 Å². The van der Waals surface area contributed by atoms with E-state index in [9.17, 15) is 13.2 Å². The second kappa shape index (κ2) is 7.12. The minimum absolute atomic E-state index is 0.0868. The van der Waals surface area contributed by atoms with E-state index in [1.807, 2.05) is 30.3 Å². The van der Waals surface area contributed by atoms with Gasteiger partial charge in [-0.05, 0) is 36.4 Å².